The molecule has 0 saturated carbocycles. The Balaban J connectivity index is 1.99. The van der Waals surface area contributed by atoms with Gasteiger partial charge in [-0.1, -0.05) is 42.5 Å². The van der Waals surface area contributed by atoms with Gasteiger partial charge >= 0.3 is 0 Å². The highest BCUT2D eigenvalue weighted by Crippen LogP contribution is 2.28. The molecule has 3 nitrogen and oxygen atoms in total. The second-order valence-corrected chi connectivity index (χ2v) is 5.30. The molecule has 2 aromatic carbocycles. The molecule has 0 saturated heterocycles. The Morgan fingerprint density at radius 1 is 1.00 bits per heavy atom. The summed E-state index contributed by atoms with van der Waals surface area (Å²) in [5.74, 6) is 0.738. The molecule has 1 aromatic heterocycles. The molecular weight excluding hydrogens is 262 g/mol. The SMILES string of the molecule is O=c1c2c(n(Cc3ccccc3)c3ccccc13)OCC2. The van der Waals surface area contributed by atoms with Crippen LogP contribution < -0.4 is 10.2 Å². The Labute approximate surface area is 122 Å². The number of benzene rings is 2. The molecule has 0 fully saturated rings. The van der Waals surface area contributed by atoms with Crippen molar-refractivity contribution in [3.05, 3.63) is 75.9 Å². The smallest absolute Gasteiger partial charge is 0.201 e. The van der Waals surface area contributed by atoms with Gasteiger partial charge in [-0.15, -0.1) is 0 Å². The summed E-state index contributed by atoms with van der Waals surface area (Å²) >= 11 is 0. The van der Waals surface area contributed by atoms with Gasteiger partial charge in [-0.05, 0) is 17.7 Å². The zero-order valence-corrected chi connectivity index (χ0v) is 11.6. The van der Waals surface area contributed by atoms with Crippen LogP contribution in [0.3, 0.4) is 0 Å². The average Bonchev–Trinajstić information content (AvgIpc) is 3.02. The van der Waals surface area contributed by atoms with Gasteiger partial charge in [0.2, 0.25) is 5.88 Å². The van der Waals surface area contributed by atoms with Gasteiger partial charge in [0, 0.05) is 11.8 Å². The number of nitrogens with zero attached hydrogens (tertiary/aromatic N) is 1. The largest absolute Gasteiger partial charge is 0.478 e. The van der Waals surface area contributed by atoms with E-state index < -0.39 is 0 Å². The zero-order chi connectivity index (χ0) is 14.2. The first kappa shape index (κ1) is 12.2. The minimum atomic E-state index is 0.113. The molecule has 3 heteroatoms. The molecule has 0 aliphatic carbocycles. The van der Waals surface area contributed by atoms with Gasteiger partial charge in [0.05, 0.1) is 24.2 Å². The van der Waals surface area contributed by atoms with Crippen LogP contribution in [0.2, 0.25) is 0 Å². The lowest BCUT2D eigenvalue weighted by Crippen LogP contribution is -2.14. The molecule has 0 radical (unpaired) electrons. The van der Waals surface area contributed by atoms with Crippen molar-refractivity contribution < 1.29 is 4.74 Å². The second kappa shape index (κ2) is 4.77. The summed E-state index contributed by atoms with van der Waals surface area (Å²) in [5, 5.41) is 0.776. The minimum absolute atomic E-state index is 0.113. The van der Waals surface area contributed by atoms with E-state index in [0.717, 1.165) is 22.3 Å². The highest BCUT2D eigenvalue weighted by atomic mass is 16.5. The van der Waals surface area contributed by atoms with Gasteiger partial charge in [-0.25, -0.2) is 0 Å². The summed E-state index contributed by atoms with van der Waals surface area (Å²) in [5.41, 5.74) is 3.06. The van der Waals surface area contributed by atoms with Gasteiger partial charge in [-0.3, -0.25) is 4.79 Å². The fourth-order valence-corrected chi connectivity index (χ4v) is 2.99. The Morgan fingerprint density at radius 3 is 2.62 bits per heavy atom. The molecule has 0 unspecified atom stereocenters. The number of hydrogen-bond acceptors (Lipinski definition) is 2. The van der Waals surface area contributed by atoms with E-state index in [9.17, 15) is 4.79 Å². The van der Waals surface area contributed by atoms with Gasteiger partial charge in [0.15, 0.2) is 5.43 Å². The van der Waals surface area contributed by atoms with E-state index in [4.69, 9.17) is 4.74 Å². The quantitative estimate of drug-likeness (QED) is 0.721. The normalized spacial score (nSPS) is 13.1. The first-order valence-electron chi connectivity index (χ1n) is 7.16. The molecule has 0 bridgehead atoms. The summed E-state index contributed by atoms with van der Waals surface area (Å²) in [6.07, 6.45) is 0.702. The van der Waals surface area contributed by atoms with Crippen molar-refractivity contribution in [2.24, 2.45) is 0 Å². The van der Waals surface area contributed by atoms with Crippen LogP contribution in [0, 0.1) is 0 Å². The Kier molecular flexibility index (Phi) is 2.78. The first-order chi connectivity index (χ1) is 10.3. The van der Waals surface area contributed by atoms with Crippen LogP contribution in [0.25, 0.3) is 10.9 Å². The Bertz CT molecular complexity index is 866. The maximum absolute atomic E-state index is 12.5. The third-order valence-corrected chi connectivity index (χ3v) is 3.99. The number of hydrogen-bond donors (Lipinski definition) is 0. The van der Waals surface area contributed by atoms with Crippen LogP contribution >= 0.6 is 0 Å². The number of para-hydroxylation sites is 1. The third-order valence-electron chi connectivity index (χ3n) is 3.99. The molecule has 0 amide bonds. The number of pyridine rings is 1. The van der Waals surface area contributed by atoms with Crippen molar-refractivity contribution in [3.63, 3.8) is 0 Å². The first-order valence-corrected chi connectivity index (χ1v) is 7.16. The number of ether oxygens (including phenoxy) is 1. The molecule has 1 aliphatic heterocycles. The zero-order valence-electron chi connectivity index (χ0n) is 11.6. The van der Waals surface area contributed by atoms with Gasteiger partial charge in [0.1, 0.15) is 0 Å². The van der Waals surface area contributed by atoms with Gasteiger partial charge in [0.25, 0.3) is 0 Å². The molecule has 2 heterocycles. The molecule has 0 spiro atoms. The molecule has 4 rings (SSSR count). The van der Waals surface area contributed by atoms with E-state index in [1.807, 2.05) is 42.5 Å². The van der Waals surface area contributed by atoms with E-state index in [-0.39, 0.29) is 5.43 Å². The van der Waals surface area contributed by atoms with E-state index in [0.29, 0.717) is 19.6 Å². The predicted molar refractivity (Wildman–Crippen MR) is 83.0 cm³/mol. The predicted octanol–water partition coefficient (Wildman–Crippen LogP) is 2.98. The summed E-state index contributed by atoms with van der Waals surface area (Å²) < 4.78 is 7.87. The molecule has 3 aromatic rings. The molecule has 0 atom stereocenters. The van der Waals surface area contributed by atoms with E-state index >= 15 is 0 Å². The minimum Gasteiger partial charge on any atom is -0.478 e. The highest BCUT2D eigenvalue weighted by molar-refractivity contribution is 5.81. The monoisotopic (exact) mass is 277 g/mol. The maximum atomic E-state index is 12.5. The van der Waals surface area contributed by atoms with Crippen molar-refractivity contribution in [1.82, 2.24) is 4.57 Å². The molecule has 0 N–H and O–H groups in total. The summed E-state index contributed by atoms with van der Waals surface area (Å²) in [4.78, 5) is 12.5. The summed E-state index contributed by atoms with van der Waals surface area (Å²) in [6.45, 7) is 1.31. The van der Waals surface area contributed by atoms with Crippen LogP contribution in [0.15, 0.2) is 59.4 Å². The second-order valence-electron chi connectivity index (χ2n) is 5.30. The third kappa shape index (κ3) is 1.93. The van der Waals surface area contributed by atoms with Crippen LogP contribution in [0.4, 0.5) is 0 Å². The Hall–Kier alpha value is -2.55. The topological polar surface area (TPSA) is 31.2 Å². The van der Waals surface area contributed by atoms with Crippen LogP contribution in [0.5, 0.6) is 5.88 Å². The fourth-order valence-electron chi connectivity index (χ4n) is 2.99. The Morgan fingerprint density at radius 2 is 1.76 bits per heavy atom. The lowest BCUT2D eigenvalue weighted by molar-refractivity contribution is 0.330. The van der Waals surface area contributed by atoms with Crippen LogP contribution in [0.1, 0.15) is 11.1 Å². The standard InChI is InChI=1S/C18H15NO2/c20-17-14-8-4-5-9-16(14)19(18-15(17)10-11-21-18)12-13-6-2-1-3-7-13/h1-9H,10-12H2. The van der Waals surface area contributed by atoms with E-state index in [1.165, 1.54) is 5.56 Å². The number of rotatable bonds is 2. The van der Waals surface area contributed by atoms with Gasteiger partial charge in [-0.2, -0.15) is 0 Å². The van der Waals surface area contributed by atoms with Crippen LogP contribution in [-0.2, 0) is 13.0 Å². The number of aromatic nitrogens is 1. The molecule has 1 aliphatic rings. The molecule has 21 heavy (non-hydrogen) atoms. The van der Waals surface area contributed by atoms with Crippen molar-refractivity contribution in [2.45, 2.75) is 13.0 Å². The molecule has 104 valence electrons. The maximum Gasteiger partial charge on any atom is 0.201 e. The average molecular weight is 277 g/mol. The lowest BCUT2D eigenvalue weighted by atomic mass is 10.1. The highest BCUT2D eigenvalue weighted by Gasteiger charge is 2.22. The van der Waals surface area contributed by atoms with E-state index in [1.54, 1.807) is 0 Å². The van der Waals surface area contributed by atoms with E-state index in [2.05, 4.69) is 16.7 Å². The lowest BCUT2D eigenvalue weighted by Gasteiger charge is -2.15. The van der Waals surface area contributed by atoms with Crippen molar-refractivity contribution in [1.29, 1.82) is 0 Å². The molecular formula is C18H15NO2. The van der Waals surface area contributed by atoms with Crippen LogP contribution in [-0.4, -0.2) is 11.2 Å². The fraction of sp³-hybridized carbons (Fsp3) is 0.167. The van der Waals surface area contributed by atoms with Crippen molar-refractivity contribution in [2.75, 3.05) is 6.61 Å². The van der Waals surface area contributed by atoms with Crippen molar-refractivity contribution >= 4 is 10.9 Å². The van der Waals surface area contributed by atoms with Crippen molar-refractivity contribution in [3.8, 4) is 5.88 Å². The summed E-state index contributed by atoms with van der Waals surface area (Å²) in [6, 6.07) is 18.0. The van der Waals surface area contributed by atoms with Gasteiger partial charge < -0.3 is 9.30 Å². The number of fused-ring (bicyclic) bond motifs is 2. The summed E-state index contributed by atoms with van der Waals surface area (Å²) in [7, 11) is 0.